The number of carbonyl (C=O) groups excluding carboxylic acids is 1. The van der Waals surface area contributed by atoms with Crippen LogP contribution in [0.4, 0.5) is 11.4 Å². The van der Waals surface area contributed by atoms with Crippen LogP contribution in [0.2, 0.25) is 0 Å². The molecule has 1 spiro atoms. The highest BCUT2D eigenvalue weighted by atomic mass is 79.9. The monoisotopic (exact) mass is 609 g/mol. The van der Waals surface area contributed by atoms with Gasteiger partial charge in [0.15, 0.2) is 5.54 Å². The Labute approximate surface area is 253 Å². The van der Waals surface area contributed by atoms with Crippen LogP contribution in [0.25, 0.3) is 22.2 Å². The van der Waals surface area contributed by atoms with Crippen molar-refractivity contribution < 1.29 is 4.79 Å². The number of aromatic nitrogens is 1. The van der Waals surface area contributed by atoms with Gasteiger partial charge < -0.3 is 14.8 Å². The topological polar surface area (TPSA) is 37.3 Å². The number of nitrogens with one attached hydrogen (secondary N) is 1. The van der Waals surface area contributed by atoms with Crippen molar-refractivity contribution in [1.82, 2.24) is 4.57 Å². The number of hydrogen-bond donors (Lipinski definition) is 1. The van der Waals surface area contributed by atoms with Crippen molar-refractivity contribution in [3.63, 3.8) is 0 Å². The Balaban J connectivity index is 1.43. The van der Waals surface area contributed by atoms with E-state index in [4.69, 9.17) is 0 Å². The SMILES string of the molecule is Cc1ccc(CN2C(=O)C3(Nc4ccccc4-c4c3c3ccccc3n4Cc3ccccc3)c3cccc(Br)c32)cc1. The summed E-state index contributed by atoms with van der Waals surface area (Å²) in [5, 5.41) is 4.92. The maximum Gasteiger partial charge on any atom is 0.262 e. The second-order valence-corrected chi connectivity index (χ2v) is 12.1. The normalized spacial score (nSPS) is 16.8. The third-order valence-corrected chi connectivity index (χ3v) is 9.36. The fourth-order valence-electron chi connectivity index (χ4n) is 6.86. The number of carbonyl (C=O) groups is 1. The molecule has 3 heterocycles. The molecule has 0 fully saturated rings. The van der Waals surface area contributed by atoms with Crippen molar-refractivity contribution in [3.8, 4) is 11.3 Å². The third-order valence-electron chi connectivity index (χ3n) is 8.72. The molecule has 0 saturated heterocycles. The molecule has 4 nitrogen and oxygen atoms in total. The summed E-state index contributed by atoms with van der Waals surface area (Å²) in [6.45, 7) is 3.27. The van der Waals surface area contributed by atoms with Gasteiger partial charge >= 0.3 is 0 Å². The maximum atomic E-state index is 15.2. The fraction of sp³-hybridized carbons (Fsp3) is 0.108. The van der Waals surface area contributed by atoms with Gasteiger partial charge in [-0.3, -0.25) is 4.79 Å². The molecule has 5 aromatic carbocycles. The molecule has 5 heteroatoms. The number of para-hydroxylation sites is 3. The lowest BCUT2D eigenvalue weighted by Gasteiger charge is -2.37. The summed E-state index contributed by atoms with van der Waals surface area (Å²) < 4.78 is 3.31. The maximum absolute atomic E-state index is 15.2. The van der Waals surface area contributed by atoms with E-state index in [0.717, 1.165) is 54.7 Å². The third kappa shape index (κ3) is 3.56. The number of nitrogens with zero attached hydrogens (tertiary/aromatic N) is 2. The number of rotatable bonds is 4. The van der Waals surface area contributed by atoms with Crippen LogP contribution in [0, 0.1) is 6.92 Å². The van der Waals surface area contributed by atoms with Gasteiger partial charge in [0.05, 0.1) is 17.9 Å². The molecule has 1 amide bonds. The molecule has 8 rings (SSSR count). The van der Waals surface area contributed by atoms with Gasteiger partial charge in [-0.2, -0.15) is 0 Å². The second kappa shape index (κ2) is 9.47. The average Bonchev–Trinajstić information content (AvgIpc) is 3.46. The minimum atomic E-state index is -1.09. The Morgan fingerprint density at radius 3 is 2.29 bits per heavy atom. The van der Waals surface area contributed by atoms with Crippen LogP contribution in [0.3, 0.4) is 0 Å². The minimum absolute atomic E-state index is 0.0309. The van der Waals surface area contributed by atoms with E-state index in [0.29, 0.717) is 13.1 Å². The summed E-state index contributed by atoms with van der Waals surface area (Å²) in [7, 11) is 0. The van der Waals surface area contributed by atoms with Gasteiger partial charge in [-0.15, -0.1) is 0 Å². The highest BCUT2D eigenvalue weighted by Gasteiger charge is 2.57. The average molecular weight is 611 g/mol. The molecule has 42 heavy (non-hydrogen) atoms. The first-order valence-corrected chi connectivity index (χ1v) is 15.1. The zero-order valence-electron chi connectivity index (χ0n) is 23.1. The molecule has 2 aliphatic heterocycles. The first-order valence-electron chi connectivity index (χ1n) is 14.3. The van der Waals surface area contributed by atoms with E-state index < -0.39 is 5.54 Å². The summed E-state index contributed by atoms with van der Waals surface area (Å²) in [6.07, 6.45) is 0. The molecule has 1 N–H and O–H groups in total. The van der Waals surface area contributed by atoms with Gasteiger partial charge in [0, 0.05) is 44.3 Å². The number of aryl methyl sites for hydroxylation is 1. The predicted octanol–water partition coefficient (Wildman–Crippen LogP) is 8.64. The largest absolute Gasteiger partial charge is 0.363 e. The van der Waals surface area contributed by atoms with Crippen LogP contribution in [0.15, 0.2) is 126 Å². The Morgan fingerprint density at radius 2 is 1.45 bits per heavy atom. The fourth-order valence-corrected chi connectivity index (χ4v) is 7.44. The summed E-state index contributed by atoms with van der Waals surface area (Å²) >= 11 is 3.83. The standard InChI is InChI=1S/C37H28BrN3O/c1-24-18-20-26(21-19-24)23-41-35-29(14-9-15-30(35)38)37(36(41)42)33-28-13-6-8-17-32(28)40(22-25-10-3-2-4-11-25)34(33)27-12-5-7-16-31(27)39-37/h2-21,39H,22-23H2,1H3. The molecular formula is C37H28BrN3O. The van der Waals surface area contributed by atoms with E-state index in [1.807, 2.05) is 23.1 Å². The van der Waals surface area contributed by atoms with Crippen molar-refractivity contribution in [2.75, 3.05) is 10.2 Å². The number of benzene rings is 5. The van der Waals surface area contributed by atoms with Crippen LogP contribution >= 0.6 is 15.9 Å². The highest BCUT2D eigenvalue weighted by Crippen LogP contribution is 2.57. The number of halogens is 1. The lowest BCUT2D eigenvalue weighted by Crippen LogP contribution is -2.48. The van der Waals surface area contributed by atoms with E-state index in [2.05, 4.69) is 136 Å². The summed E-state index contributed by atoms with van der Waals surface area (Å²) in [6, 6.07) is 42.1. The molecule has 0 radical (unpaired) electrons. The lowest BCUT2D eigenvalue weighted by molar-refractivity contribution is -0.121. The number of fused-ring (bicyclic) bond motifs is 8. The van der Waals surface area contributed by atoms with E-state index in [1.54, 1.807) is 0 Å². The second-order valence-electron chi connectivity index (χ2n) is 11.2. The van der Waals surface area contributed by atoms with Gasteiger partial charge in [0.2, 0.25) is 0 Å². The minimum Gasteiger partial charge on any atom is -0.363 e. The first-order chi connectivity index (χ1) is 20.6. The van der Waals surface area contributed by atoms with Crippen molar-refractivity contribution in [3.05, 3.63) is 154 Å². The lowest BCUT2D eigenvalue weighted by atomic mass is 9.77. The zero-order valence-corrected chi connectivity index (χ0v) is 24.7. The Morgan fingerprint density at radius 1 is 0.738 bits per heavy atom. The van der Waals surface area contributed by atoms with E-state index in [1.165, 1.54) is 11.1 Å². The van der Waals surface area contributed by atoms with Crippen molar-refractivity contribution in [2.24, 2.45) is 0 Å². The predicted molar refractivity (Wildman–Crippen MR) is 174 cm³/mol. The Kier molecular flexibility index (Phi) is 5.66. The quantitative estimate of drug-likeness (QED) is 0.217. The number of anilines is 2. The molecule has 1 atom stereocenters. The van der Waals surface area contributed by atoms with Crippen LogP contribution in [-0.2, 0) is 23.4 Å². The number of hydrogen-bond acceptors (Lipinski definition) is 2. The summed E-state index contributed by atoms with van der Waals surface area (Å²) in [4.78, 5) is 17.1. The summed E-state index contributed by atoms with van der Waals surface area (Å²) in [5.41, 5.74) is 9.59. The molecule has 204 valence electrons. The van der Waals surface area contributed by atoms with E-state index in [9.17, 15) is 0 Å². The van der Waals surface area contributed by atoms with Crippen molar-refractivity contribution >= 4 is 44.1 Å². The van der Waals surface area contributed by atoms with Gasteiger partial charge in [-0.1, -0.05) is 109 Å². The van der Waals surface area contributed by atoms with Crippen LogP contribution < -0.4 is 10.2 Å². The van der Waals surface area contributed by atoms with Gasteiger partial charge in [-0.05, 0) is 52.2 Å². The van der Waals surface area contributed by atoms with Crippen molar-refractivity contribution in [1.29, 1.82) is 0 Å². The van der Waals surface area contributed by atoms with E-state index >= 15 is 4.79 Å². The molecule has 6 aromatic rings. The molecule has 0 saturated carbocycles. The molecule has 0 aliphatic carbocycles. The van der Waals surface area contributed by atoms with Gasteiger partial charge in [-0.25, -0.2) is 0 Å². The van der Waals surface area contributed by atoms with E-state index in [-0.39, 0.29) is 5.91 Å². The highest BCUT2D eigenvalue weighted by molar-refractivity contribution is 9.10. The summed E-state index contributed by atoms with van der Waals surface area (Å²) in [5.74, 6) is 0.0309. The Bertz CT molecular complexity index is 2010. The molecule has 1 aromatic heterocycles. The van der Waals surface area contributed by atoms with Gasteiger partial charge in [0.25, 0.3) is 5.91 Å². The molecular weight excluding hydrogens is 582 g/mol. The number of amides is 1. The van der Waals surface area contributed by atoms with Crippen LogP contribution in [0.5, 0.6) is 0 Å². The van der Waals surface area contributed by atoms with Crippen LogP contribution in [-0.4, -0.2) is 10.5 Å². The van der Waals surface area contributed by atoms with Crippen molar-refractivity contribution in [2.45, 2.75) is 25.6 Å². The molecule has 1 unspecified atom stereocenters. The van der Waals surface area contributed by atoms with Crippen LogP contribution in [0.1, 0.15) is 27.8 Å². The smallest absolute Gasteiger partial charge is 0.262 e. The zero-order chi connectivity index (χ0) is 28.4. The molecule has 2 aliphatic rings. The Hall–Kier alpha value is -4.61. The molecule has 0 bridgehead atoms. The van der Waals surface area contributed by atoms with Gasteiger partial charge in [0.1, 0.15) is 0 Å². The first kappa shape index (κ1) is 25.1.